The molecule has 0 N–H and O–H groups in total. The summed E-state index contributed by atoms with van der Waals surface area (Å²) < 4.78 is 6.48. The average Bonchev–Trinajstić information content (AvgIpc) is 2.89. The molecule has 5 heteroatoms. The Morgan fingerprint density at radius 3 is 2.70 bits per heavy atom. The average molecular weight is 336 g/mol. The van der Waals surface area contributed by atoms with Crippen LogP contribution in [0.25, 0.3) is 0 Å². The van der Waals surface area contributed by atoms with Crippen LogP contribution >= 0.6 is 15.9 Å². The van der Waals surface area contributed by atoms with Gasteiger partial charge in [0.25, 0.3) is 0 Å². The number of likely N-dealkylation sites (tertiary alicyclic amines) is 1. The molecular weight excluding hydrogens is 318 g/mol. The second-order valence-corrected chi connectivity index (χ2v) is 6.18. The largest absolute Gasteiger partial charge is 0.339 e. The van der Waals surface area contributed by atoms with Crippen LogP contribution in [0.15, 0.2) is 33.3 Å². The second-order valence-electron chi connectivity index (χ2n) is 5.32. The van der Waals surface area contributed by atoms with Gasteiger partial charge in [0.2, 0.25) is 5.89 Å². The predicted molar refractivity (Wildman–Crippen MR) is 80.4 cm³/mol. The molecule has 0 unspecified atom stereocenters. The van der Waals surface area contributed by atoms with Gasteiger partial charge in [0.15, 0.2) is 5.82 Å². The maximum absolute atomic E-state index is 5.29. The van der Waals surface area contributed by atoms with Crippen LogP contribution in [-0.4, -0.2) is 28.1 Å². The molecule has 0 radical (unpaired) electrons. The van der Waals surface area contributed by atoms with Crippen molar-refractivity contribution in [3.05, 3.63) is 46.0 Å². The molecule has 0 saturated carbocycles. The Kier molecular flexibility index (Phi) is 4.17. The molecule has 0 atom stereocenters. The minimum atomic E-state index is 0.423. The van der Waals surface area contributed by atoms with Gasteiger partial charge in [-0.2, -0.15) is 4.98 Å². The summed E-state index contributed by atoms with van der Waals surface area (Å²) in [5, 5.41) is 3.88. The quantitative estimate of drug-likeness (QED) is 0.860. The van der Waals surface area contributed by atoms with Crippen LogP contribution in [0.4, 0.5) is 0 Å². The molecule has 0 bridgehead atoms. The molecule has 1 aromatic heterocycles. The number of aryl methyl sites for hydroxylation is 1. The van der Waals surface area contributed by atoms with Crippen molar-refractivity contribution in [1.29, 1.82) is 0 Å². The summed E-state index contributed by atoms with van der Waals surface area (Å²) in [6, 6.07) is 8.42. The van der Waals surface area contributed by atoms with Gasteiger partial charge in [-0.1, -0.05) is 39.3 Å². The van der Waals surface area contributed by atoms with Crippen LogP contribution in [0.3, 0.4) is 0 Å². The highest BCUT2D eigenvalue weighted by Crippen LogP contribution is 2.28. The Bertz CT molecular complexity index is 576. The van der Waals surface area contributed by atoms with Crippen molar-refractivity contribution < 1.29 is 4.52 Å². The van der Waals surface area contributed by atoms with E-state index in [4.69, 9.17) is 4.52 Å². The van der Waals surface area contributed by atoms with Gasteiger partial charge in [-0.3, -0.25) is 4.90 Å². The lowest BCUT2D eigenvalue weighted by molar-refractivity contribution is 0.187. The number of rotatable bonds is 3. The number of piperidine rings is 1. The summed E-state index contributed by atoms with van der Waals surface area (Å²) in [6.45, 7) is 5.02. The van der Waals surface area contributed by atoms with Crippen molar-refractivity contribution in [2.75, 3.05) is 13.1 Å². The van der Waals surface area contributed by atoms with Crippen molar-refractivity contribution in [2.45, 2.75) is 32.2 Å². The molecule has 1 saturated heterocycles. The topological polar surface area (TPSA) is 42.2 Å². The van der Waals surface area contributed by atoms with E-state index in [0.717, 1.165) is 44.2 Å². The van der Waals surface area contributed by atoms with Crippen molar-refractivity contribution in [3.8, 4) is 0 Å². The third-order valence-electron chi connectivity index (χ3n) is 3.83. The molecule has 2 aromatic rings. The van der Waals surface area contributed by atoms with E-state index in [1.54, 1.807) is 0 Å². The maximum atomic E-state index is 5.29. The number of benzene rings is 1. The first-order valence-electron chi connectivity index (χ1n) is 6.98. The zero-order valence-corrected chi connectivity index (χ0v) is 13.1. The van der Waals surface area contributed by atoms with Gasteiger partial charge in [0.1, 0.15) is 0 Å². The Morgan fingerprint density at radius 1 is 1.30 bits per heavy atom. The lowest BCUT2D eigenvalue weighted by Crippen LogP contribution is -2.32. The van der Waals surface area contributed by atoms with Gasteiger partial charge in [-0.15, -0.1) is 0 Å². The van der Waals surface area contributed by atoms with Gasteiger partial charge in [0, 0.05) is 16.9 Å². The molecule has 0 aliphatic carbocycles. The summed E-state index contributed by atoms with van der Waals surface area (Å²) >= 11 is 3.61. The smallest absolute Gasteiger partial charge is 0.229 e. The standard InChI is InChI=1S/C15H18BrN3O/c1-11-17-15(20-18-11)12-6-8-19(9-7-12)10-13-4-2-3-5-14(13)16/h2-5,12H,6-10H2,1H3. The molecule has 1 fully saturated rings. The first kappa shape index (κ1) is 13.8. The van der Waals surface area contributed by atoms with Gasteiger partial charge in [-0.05, 0) is 44.5 Å². The fourth-order valence-electron chi connectivity index (χ4n) is 2.68. The van der Waals surface area contributed by atoms with Crippen LogP contribution in [0.5, 0.6) is 0 Å². The summed E-state index contributed by atoms with van der Waals surface area (Å²) in [6.07, 6.45) is 2.18. The molecule has 0 spiro atoms. The highest BCUT2D eigenvalue weighted by molar-refractivity contribution is 9.10. The zero-order chi connectivity index (χ0) is 13.9. The zero-order valence-electron chi connectivity index (χ0n) is 11.6. The Morgan fingerprint density at radius 2 is 2.05 bits per heavy atom. The van der Waals surface area contributed by atoms with Crippen molar-refractivity contribution in [3.63, 3.8) is 0 Å². The van der Waals surface area contributed by atoms with Crippen LogP contribution < -0.4 is 0 Å². The lowest BCUT2D eigenvalue weighted by Gasteiger charge is -2.30. The molecule has 106 valence electrons. The number of nitrogens with zero attached hydrogens (tertiary/aromatic N) is 3. The monoisotopic (exact) mass is 335 g/mol. The molecule has 1 aliphatic heterocycles. The summed E-state index contributed by atoms with van der Waals surface area (Å²) in [5.74, 6) is 1.96. The summed E-state index contributed by atoms with van der Waals surface area (Å²) in [5.41, 5.74) is 1.35. The number of hydrogen-bond acceptors (Lipinski definition) is 4. The number of halogens is 1. The normalized spacial score (nSPS) is 17.5. The highest BCUT2D eigenvalue weighted by Gasteiger charge is 2.24. The highest BCUT2D eigenvalue weighted by atomic mass is 79.9. The lowest BCUT2D eigenvalue weighted by atomic mass is 9.96. The molecule has 1 aromatic carbocycles. The molecule has 2 heterocycles. The van der Waals surface area contributed by atoms with E-state index < -0.39 is 0 Å². The predicted octanol–water partition coefficient (Wildman–Crippen LogP) is 3.52. The second kappa shape index (κ2) is 6.06. The Hall–Kier alpha value is -1.20. The first-order chi connectivity index (χ1) is 9.72. The maximum Gasteiger partial charge on any atom is 0.229 e. The van der Waals surface area contributed by atoms with E-state index in [2.05, 4.69) is 55.2 Å². The number of hydrogen-bond donors (Lipinski definition) is 0. The van der Waals surface area contributed by atoms with Crippen molar-refractivity contribution >= 4 is 15.9 Å². The van der Waals surface area contributed by atoms with Crippen molar-refractivity contribution in [1.82, 2.24) is 15.0 Å². The first-order valence-corrected chi connectivity index (χ1v) is 7.77. The minimum Gasteiger partial charge on any atom is -0.339 e. The van der Waals surface area contributed by atoms with Crippen LogP contribution in [0, 0.1) is 6.92 Å². The summed E-state index contributed by atoms with van der Waals surface area (Å²) in [7, 11) is 0. The Balaban J connectivity index is 1.58. The SMILES string of the molecule is Cc1noc(C2CCN(Cc3ccccc3Br)CC2)n1. The van der Waals surface area contributed by atoms with Gasteiger partial charge in [0.05, 0.1) is 0 Å². The third kappa shape index (κ3) is 3.10. The molecule has 20 heavy (non-hydrogen) atoms. The van der Waals surface area contributed by atoms with Crippen LogP contribution in [-0.2, 0) is 6.54 Å². The minimum absolute atomic E-state index is 0.423. The fraction of sp³-hybridized carbons (Fsp3) is 0.467. The molecule has 4 nitrogen and oxygen atoms in total. The van der Waals surface area contributed by atoms with Gasteiger partial charge < -0.3 is 4.52 Å². The van der Waals surface area contributed by atoms with E-state index in [9.17, 15) is 0 Å². The van der Waals surface area contributed by atoms with Crippen LogP contribution in [0.2, 0.25) is 0 Å². The third-order valence-corrected chi connectivity index (χ3v) is 4.61. The van der Waals surface area contributed by atoms with Gasteiger partial charge >= 0.3 is 0 Å². The Labute approximate surface area is 127 Å². The fourth-order valence-corrected chi connectivity index (χ4v) is 3.09. The molecule has 0 amide bonds. The van der Waals surface area contributed by atoms with E-state index in [1.807, 2.05) is 6.92 Å². The van der Waals surface area contributed by atoms with E-state index in [1.165, 1.54) is 10.0 Å². The molecular formula is C15H18BrN3O. The molecule has 3 rings (SSSR count). The van der Waals surface area contributed by atoms with E-state index in [-0.39, 0.29) is 0 Å². The van der Waals surface area contributed by atoms with Gasteiger partial charge in [-0.25, -0.2) is 0 Å². The van der Waals surface area contributed by atoms with E-state index in [0.29, 0.717) is 5.92 Å². The summed E-state index contributed by atoms with van der Waals surface area (Å²) in [4.78, 5) is 6.84. The molecule has 1 aliphatic rings. The van der Waals surface area contributed by atoms with E-state index >= 15 is 0 Å². The van der Waals surface area contributed by atoms with Crippen molar-refractivity contribution in [2.24, 2.45) is 0 Å². The number of aromatic nitrogens is 2. The van der Waals surface area contributed by atoms with Crippen LogP contribution in [0.1, 0.15) is 36.0 Å².